The molecule has 1 aliphatic heterocycles. The highest BCUT2D eigenvalue weighted by molar-refractivity contribution is 7.99. The lowest BCUT2D eigenvalue weighted by molar-refractivity contribution is 0.102. The summed E-state index contributed by atoms with van der Waals surface area (Å²) in [6.45, 7) is 4.21. The fraction of sp³-hybridized carbons (Fsp3) is 0.174. The Morgan fingerprint density at radius 3 is 2.84 bits per heavy atom. The molecule has 0 amide bonds. The van der Waals surface area contributed by atoms with Crippen molar-refractivity contribution < 1.29 is 14.3 Å². The number of benzene rings is 2. The van der Waals surface area contributed by atoms with Gasteiger partial charge < -0.3 is 14.0 Å². The van der Waals surface area contributed by atoms with Crippen molar-refractivity contribution in [3.05, 3.63) is 65.5 Å². The third kappa shape index (κ3) is 3.00. The highest BCUT2D eigenvalue weighted by Gasteiger charge is 2.21. The first kappa shape index (κ1) is 19.4. The van der Waals surface area contributed by atoms with Crippen molar-refractivity contribution in [1.82, 2.24) is 19.2 Å². The molecule has 0 spiro atoms. The Balaban J connectivity index is 1.28. The van der Waals surface area contributed by atoms with Crippen LogP contribution in [0.2, 0.25) is 0 Å². The number of nitrogens with zero attached hydrogens (tertiary/aromatic N) is 4. The maximum Gasteiger partial charge on any atom is 0.231 e. The molecule has 0 saturated heterocycles. The molecule has 0 atom stereocenters. The number of aryl methyl sites for hydroxylation is 1. The van der Waals surface area contributed by atoms with Crippen LogP contribution in [0.1, 0.15) is 21.7 Å². The molecule has 32 heavy (non-hydrogen) atoms. The molecule has 2 aromatic carbocycles. The van der Waals surface area contributed by atoms with Crippen LogP contribution in [-0.4, -0.2) is 37.5 Å². The monoisotopic (exact) mass is 462 g/mol. The van der Waals surface area contributed by atoms with Crippen molar-refractivity contribution in [2.45, 2.75) is 19.0 Å². The molecule has 0 N–H and O–H groups in total. The fourth-order valence-electron chi connectivity index (χ4n) is 4.12. The summed E-state index contributed by atoms with van der Waals surface area (Å²) in [7, 11) is 0. The normalized spacial score (nSPS) is 12.8. The summed E-state index contributed by atoms with van der Waals surface area (Å²) in [6.07, 6.45) is 0. The molecule has 0 bridgehead atoms. The Kier molecular flexibility index (Phi) is 4.48. The van der Waals surface area contributed by atoms with E-state index in [1.54, 1.807) is 11.3 Å². The van der Waals surface area contributed by atoms with Gasteiger partial charge in [-0.1, -0.05) is 35.2 Å². The first-order valence-corrected chi connectivity index (χ1v) is 11.9. The van der Waals surface area contributed by atoms with Gasteiger partial charge in [0.25, 0.3) is 0 Å². The van der Waals surface area contributed by atoms with E-state index < -0.39 is 0 Å². The van der Waals surface area contributed by atoms with E-state index >= 15 is 0 Å². The minimum atomic E-state index is 0.0615. The number of hydrogen-bond donors (Lipinski definition) is 0. The molecule has 9 heteroatoms. The fourth-order valence-corrected chi connectivity index (χ4v) is 5.97. The van der Waals surface area contributed by atoms with Crippen LogP contribution in [-0.2, 0) is 0 Å². The summed E-state index contributed by atoms with van der Waals surface area (Å²) in [5, 5.41) is 9.32. The van der Waals surface area contributed by atoms with Crippen molar-refractivity contribution in [3.63, 3.8) is 0 Å². The zero-order valence-corrected chi connectivity index (χ0v) is 19.0. The zero-order valence-electron chi connectivity index (χ0n) is 17.4. The minimum absolute atomic E-state index is 0.0615. The summed E-state index contributed by atoms with van der Waals surface area (Å²) in [5.41, 5.74) is 4.61. The van der Waals surface area contributed by atoms with Gasteiger partial charge in [-0.15, -0.1) is 10.2 Å². The van der Waals surface area contributed by atoms with E-state index in [-0.39, 0.29) is 18.3 Å². The van der Waals surface area contributed by atoms with Crippen LogP contribution < -0.4 is 9.47 Å². The molecule has 0 fully saturated rings. The highest BCUT2D eigenvalue weighted by Crippen LogP contribution is 2.35. The van der Waals surface area contributed by atoms with Crippen molar-refractivity contribution in [3.8, 4) is 17.2 Å². The smallest absolute Gasteiger partial charge is 0.231 e. The summed E-state index contributed by atoms with van der Waals surface area (Å²) < 4.78 is 16.2. The van der Waals surface area contributed by atoms with E-state index in [0.717, 1.165) is 48.9 Å². The highest BCUT2D eigenvalue weighted by atomic mass is 32.2. The molecule has 3 aromatic heterocycles. The predicted octanol–water partition coefficient (Wildman–Crippen LogP) is 5.06. The zero-order chi connectivity index (χ0) is 21.8. The average molecular weight is 463 g/mol. The number of thioether (sulfide) groups is 1. The quantitative estimate of drug-likeness (QED) is 0.269. The largest absolute Gasteiger partial charge is 0.454 e. The van der Waals surface area contributed by atoms with E-state index in [1.807, 2.05) is 60.7 Å². The van der Waals surface area contributed by atoms with Crippen LogP contribution in [0.25, 0.3) is 20.9 Å². The number of carbonyl (C=O) groups excluding carboxylic acids is 1. The summed E-state index contributed by atoms with van der Waals surface area (Å²) in [5.74, 6) is 1.81. The van der Waals surface area contributed by atoms with Gasteiger partial charge in [0.2, 0.25) is 11.8 Å². The van der Waals surface area contributed by atoms with E-state index in [0.29, 0.717) is 5.56 Å². The second-order valence-electron chi connectivity index (χ2n) is 7.54. The summed E-state index contributed by atoms with van der Waals surface area (Å²) in [6, 6.07) is 15.9. The molecular formula is C23H18N4O3S2. The number of carbonyl (C=O) groups is 1. The number of Topliss-reactive ketones (excluding diaryl/α,β-unsaturated/α-hetero) is 1. The van der Waals surface area contributed by atoms with Crippen molar-refractivity contribution in [1.29, 1.82) is 0 Å². The van der Waals surface area contributed by atoms with Gasteiger partial charge in [-0.2, -0.15) is 0 Å². The van der Waals surface area contributed by atoms with Gasteiger partial charge in [-0.05, 0) is 44.2 Å². The van der Waals surface area contributed by atoms with Crippen LogP contribution in [0.3, 0.4) is 0 Å². The van der Waals surface area contributed by atoms with Gasteiger partial charge in [-0.3, -0.25) is 9.20 Å². The van der Waals surface area contributed by atoms with Gasteiger partial charge in [-0.25, -0.2) is 0 Å². The minimum Gasteiger partial charge on any atom is -0.454 e. The molecule has 0 unspecified atom stereocenters. The Hall–Kier alpha value is -3.30. The first-order chi connectivity index (χ1) is 15.6. The predicted molar refractivity (Wildman–Crippen MR) is 125 cm³/mol. The second-order valence-corrected chi connectivity index (χ2v) is 9.49. The number of hydrogen-bond acceptors (Lipinski definition) is 7. The molecule has 5 aromatic rings. The Labute approximate surface area is 191 Å². The number of aromatic nitrogens is 4. The Morgan fingerprint density at radius 1 is 1.09 bits per heavy atom. The van der Waals surface area contributed by atoms with Crippen LogP contribution in [0, 0.1) is 13.8 Å². The summed E-state index contributed by atoms with van der Waals surface area (Å²) >= 11 is 3.01. The van der Waals surface area contributed by atoms with E-state index in [9.17, 15) is 4.79 Å². The lowest BCUT2D eigenvalue weighted by Gasteiger charge is -2.10. The number of thiazole rings is 1. The van der Waals surface area contributed by atoms with Gasteiger partial charge in [0.05, 0.1) is 16.0 Å². The standard InChI is InChI=1S/C23H18N4O3S2/c1-13-9-16(14(2)26(13)15-7-8-19-20(10-15)30-12-29-19)18(28)11-31-22-24-25-23-27(22)17-5-3-4-6-21(17)32-23/h3-10H,11-12H2,1-2H3. The van der Waals surface area contributed by atoms with E-state index in [2.05, 4.69) is 20.8 Å². The molecule has 0 radical (unpaired) electrons. The van der Waals surface area contributed by atoms with Gasteiger partial charge in [0, 0.05) is 28.7 Å². The maximum absolute atomic E-state index is 13.1. The van der Waals surface area contributed by atoms with Crippen molar-refractivity contribution >= 4 is 44.1 Å². The third-order valence-electron chi connectivity index (χ3n) is 5.59. The van der Waals surface area contributed by atoms with Crippen LogP contribution >= 0.6 is 23.1 Å². The van der Waals surface area contributed by atoms with Crippen LogP contribution in [0.15, 0.2) is 53.7 Å². The number of ketones is 1. The van der Waals surface area contributed by atoms with Gasteiger partial charge in [0.1, 0.15) is 0 Å². The Morgan fingerprint density at radius 2 is 1.94 bits per heavy atom. The van der Waals surface area contributed by atoms with E-state index in [4.69, 9.17) is 9.47 Å². The topological polar surface area (TPSA) is 70.7 Å². The van der Waals surface area contributed by atoms with Gasteiger partial charge in [0.15, 0.2) is 22.4 Å². The average Bonchev–Trinajstić information content (AvgIpc) is 3.55. The molecule has 6 rings (SSSR count). The second kappa shape index (κ2) is 7.39. The summed E-state index contributed by atoms with van der Waals surface area (Å²) in [4.78, 5) is 14.0. The molecule has 4 heterocycles. The molecule has 7 nitrogen and oxygen atoms in total. The van der Waals surface area contributed by atoms with Crippen LogP contribution in [0.5, 0.6) is 11.5 Å². The van der Waals surface area contributed by atoms with Crippen LogP contribution in [0.4, 0.5) is 0 Å². The molecular weight excluding hydrogens is 444 g/mol. The molecule has 0 aliphatic carbocycles. The molecule has 0 saturated carbocycles. The van der Waals surface area contributed by atoms with Gasteiger partial charge >= 0.3 is 0 Å². The lowest BCUT2D eigenvalue weighted by atomic mass is 10.2. The molecule has 160 valence electrons. The molecule has 1 aliphatic rings. The SMILES string of the molecule is Cc1cc(C(=O)CSc2nnc3sc4ccccc4n23)c(C)n1-c1ccc2c(c1)OCO2. The van der Waals surface area contributed by atoms with Crippen molar-refractivity contribution in [2.24, 2.45) is 0 Å². The number of rotatable bonds is 5. The Bertz CT molecular complexity index is 1510. The number of fused-ring (bicyclic) bond motifs is 4. The maximum atomic E-state index is 13.1. The number of para-hydroxylation sites is 1. The number of ether oxygens (including phenoxy) is 2. The third-order valence-corrected chi connectivity index (χ3v) is 7.53. The lowest BCUT2D eigenvalue weighted by Crippen LogP contribution is -2.06. The first-order valence-electron chi connectivity index (χ1n) is 10.1. The van der Waals surface area contributed by atoms with E-state index in [1.165, 1.54) is 11.8 Å². The van der Waals surface area contributed by atoms with Crippen molar-refractivity contribution in [2.75, 3.05) is 12.5 Å².